The summed E-state index contributed by atoms with van der Waals surface area (Å²) in [5, 5.41) is 8.53. The Balaban J connectivity index is 3.37. The van der Waals surface area contributed by atoms with E-state index in [-0.39, 0.29) is 5.92 Å². The Bertz CT molecular complexity index is 126. The molecular weight excluding hydrogens is 136 g/mol. The van der Waals surface area contributed by atoms with Crippen LogP contribution in [0.3, 0.4) is 0 Å². The summed E-state index contributed by atoms with van der Waals surface area (Å²) in [4.78, 5) is 2.22. The van der Waals surface area contributed by atoms with E-state index in [4.69, 9.17) is 5.26 Å². The third kappa shape index (κ3) is 5.87. The molecule has 1 atom stereocenters. The van der Waals surface area contributed by atoms with Gasteiger partial charge in [0.05, 0.1) is 12.0 Å². The van der Waals surface area contributed by atoms with Crippen LogP contribution in [0.4, 0.5) is 0 Å². The van der Waals surface area contributed by atoms with Crippen molar-refractivity contribution in [2.75, 3.05) is 20.1 Å². The number of hydrogen-bond acceptors (Lipinski definition) is 2. The van der Waals surface area contributed by atoms with Crippen LogP contribution in [0.15, 0.2) is 0 Å². The highest BCUT2D eigenvalue weighted by Gasteiger charge is 2.03. The molecule has 1 unspecified atom stereocenters. The van der Waals surface area contributed by atoms with Gasteiger partial charge in [-0.1, -0.05) is 13.3 Å². The molecule has 0 spiro atoms. The van der Waals surface area contributed by atoms with E-state index in [2.05, 4.69) is 24.9 Å². The highest BCUT2D eigenvalue weighted by atomic mass is 15.1. The molecule has 0 amide bonds. The first-order chi connectivity index (χ1) is 5.20. The lowest BCUT2D eigenvalue weighted by molar-refractivity contribution is 0.305. The first kappa shape index (κ1) is 10.4. The molecule has 0 heterocycles. The highest BCUT2D eigenvalue weighted by Crippen LogP contribution is 1.97. The number of unbranched alkanes of at least 4 members (excludes halogenated alkanes) is 1. The van der Waals surface area contributed by atoms with Crippen molar-refractivity contribution in [3.05, 3.63) is 0 Å². The van der Waals surface area contributed by atoms with Crippen molar-refractivity contribution in [3.8, 4) is 6.07 Å². The van der Waals surface area contributed by atoms with Crippen LogP contribution >= 0.6 is 0 Å². The lowest BCUT2D eigenvalue weighted by Gasteiger charge is -2.16. The van der Waals surface area contributed by atoms with Gasteiger partial charge in [0.1, 0.15) is 0 Å². The predicted octanol–water partition coefficient (Wildman–Crippen LogP) is 1.88. The van der Waals surface area contributed by atoms with E-state index in [1.165, 1.54) is 12.8 Å². The van der Waals surface area contributed by atoms with E-state index >= 15 is 0 Å². The van der Waals surface area contributed by atoms with Crippen molar-refractivity contribution in [2.24, 2.45) is 5.92 Å². The zero-order valence-electron chi connectivity index (χ0n) is 7.80. The average Bonchev–Trinajstić information content (AvgIpc) is 2.00. The van der Waals surface area contributed by atoms with Crippen LogP contribution in [0.5, 0.6) is 0 Å². The molecule has 64 valence electrons. The molecule has 0 bridgehead atoms. The molecular formula is C9H18N2. The average molecular weight is 154 g/mol. The van der Waals surface area contributed by atoms with Gasteiger partial charge in [0.2, 0.25) is 0 Å². The second-order valence-electron chi connectivity index (χ2n) is 3.15. The van der Waals surface area contributed by atoms with Gasteiger partial charge in [0.25, 0.3) is 0 Å². The lowest BCUT2D eigenvalue weighted by atomic mass is 10.2. The van der Waals surface area contributed by atoms with Crippen molar-refractivity contribution in [2.45, 2.75) is 26.7 Å². The third-order valence-corrected chi connectivity index (χ3v) is 1.70. The van der Waals surface area contributed by atoms with Gasteiger partial charge < -0.3 is 4.90 Å². The molecule has 0 aliphatic carbocycles. The standard InChI is InChI=1S/C9H18N2/c1-4-5-6-11(3)8-9(2)7-10/h9H,4-6,8H2,1-3H3. The quantitative estimate of drug-likeness (QED) is 0.604. The summed E-state index contributed by atoms with van der Waals surface area (Å²) in [7, 11) is 2.07. The molecule has 2 nitrogen and oxygen atoms in total. The van der Waals surface area contributed by atoms with E-state index in [0.29, 0.717) is 0 Å². The summed E-state index contributed by atoms with van der Waals surface area (Å²) in [5.74, 6) is 0.164. The van der Waals surface area contributed by atoms with Crippen molar-refractivity contribution >= 4 is 0 Å². The SMILES string of the molecule is CCCCN(C)CC(C)C#N. The Hall–Kier alpha value is -0.550. The maximum atomic E-state index is 8.53. The summed E-state index contributed by atoms with van der Waals surface area (Å²) >= 11 is 0. The Morgan fingerprint density at radius 1 is 1.55 bits per heavy atom. The van der Waals surface area contributed by atoms with Gasteiger partial charge >= 0.3 is 0 Å². The van der Waals surface area contributed by atoms with E-state index < -0.39 is 0 Å². The highest BCUT2D eigenvalue weighted by molar-refractivity contribution is 4.80. The van der Waals surface area contributed by atoms with Crippen LogP contribution in [0.2, 0.25) is 0 Å². The fraction of sp³-hybridized carbons (Fsp3) is 0.889. The molecule has 11 heavy (non-hydrogen) atoms. The third-order valence-electron chi connectivity index (χ3n) is 1.70. The van der Waals surface area contributed by atoms with Gasteiger partial charge in [-0.2, -0.15) is 5.26 Å². The summed E-state index contributed by atoms with van der Waals surface area (Å²) in [5.41, 5.74) is 0. The summed E-state index contributed by atoms with van der Waals surface area (Å²) in [6.07, 6.45) is 2.46. The first-order valence-corrected chi connectivity index (χ1v) is 4.28. The molecule has 2 heteroatoms. The second-order valence-corrected chi connectivity index (χ2v) is 3.15. The van der Waals surface area contributed by atoms with Crippen LogP contribution in [0, 0.1) is 17.2 Å². The monoisotopic (exact) mass is 154 g/mol. The van der Waals surface area contributed by atoms with Gasteiger partial charge in [0, 0.05) is 6.54 Å². The van der Waals surface area contributed by atoms with Gasteiger partial charge in [-0.15, -0.1) is 0 Å². The van der Waals surface area contributed by atoms with E-state index in [1.54, 1.807) is 0 Å². The van der Waals surface area contributed by atoms with Crippen molar-refractivity contribution in [3.63, 3.8) is 0 Å². The minimum Gasteiger partial charge on any atom is -0.305 e. The second kappa shape index (κ2) is 6.18. The number of nitriles is 1. The van der Waals surface area contributed by atoms with Gasteiger partial charge in [0.15, 0.2) is 0 Å². The first-order valence-electron chi connectivity index (χ1n) is 4.28. The smallest absolute Gasteiger partial charge is 0.0666 e. The minimum absolute atomic E-state index is 0.164. The Morgan fingerprint density at radius 2 is 2.18 bits per heavy atom. The molecule has 0 aromatic heterocycles. The van der Waals surface area contributed by atoms with Crippen molar-refractivity contribution in [1.29, 1.82) is 5.26 Å². The fourth-order valence-corrected chi connectivity index (χ4v) is 1.03. The van der Waals surface area contributed by atoms with E-state index in [1.807, 2.05) is 6.92 Å². The molecule has 0 aliphatic heterocycles. The van der Waals surface area contributed by atoms with Crippen LogP contribution in [-0.2, 0) is 0 Å². The summed E-state index contributed by atoms with van der Waals surface area (Å²) in [6, 6.07) is 2.23. The molecule has 0 N–H and O–H groups in total. The maximum Gasteiger partial charge on any atom is 0.0666 e. The number of nitrogens with zero attached hydrogens (tertiary/aromatic N) is 2. The summed E-state index contributed by atoms with van der Waals surface area (Å²) in [6.45, 7) is 6.16. The topological polar surface area (TPSA) is 27.0 Å². The predicted molar refractivity (Wildman–Crippen MR) is 47.2 cm³/mol. The van der Waals surface area contributed by atoms with Crippen molar-refractivity contribution in [1.82, 2.24) is 4.90 Å². The Labute approximate surface area is 69.8 Å². The minimum atomic E-state index is 0.164. The van der Waals surface area contributed by atoms with Crippen molar-refractivity contribution < 1.29 is 0 Å². The van der Waals surface area contributed by atoms with E-state index in [0.717, 1.165) is 13.1 Å². The Kier molecular flexibility index (Phi) is 5.87. The molecule has 0 fully saturated rings. The van der Waals surface area contributed by atoms with Crippen LogP contribution in [-0.4, -0.2) is 25.0 Å². The molecule has 0 saturated heterocycles. The zero-order valence-corrected chi connectivity index (χ0v) is 7.80. The van der Waals surface area contributed by atoms with Crippen LogP contribution in [0.1, 0.15) is 26.7 Å². The Morgan fingerprint density at radius 3 is 2.64 bits per heavy atom. The maximum absolute atomic E-state index is 8.53. The van der Waals surface area contributed by atoms with Gasteiger partial charge in [-0.25, -0.2) is 0 Å². The van der Waals surface area contributed by atoms with Gasteiger partial charge in [-0.3, -0.25) is 0 Å². The molecule has 0 aromatic rings. The largest absolute Gasteiger partial charge is 0.305 e. The lowest BCUT2D eigenvalue weighted by Crippen LogP contribution is -2.24. The van der Waals surface area contributed by atoms with Crippen LogP contribution < -0.4 is 0 Å². The molecule has 0 aromatic carbocycles. The summed E-state index contributed by atoms with van der Waals surface area (Å²) < 4.78 is 0. The molecule has 0 aliphatic rings. The van der Waals surface area contributed by atoms with E-state index in [9.17, 15) is 0 Å². The molecule has 0 radical (unpaired) electrons. The zero-order chi connectivity index (χ0) is 8.69. The molecule has 0 saturated carbocycles. The normalized spacial score (nSPS) is 13.0. The van der Waals surface area contributed by atoms with Gasteiger partial charge in [-0.05, 0) is 26.9 Å². The number of rotatable bonds is 5. The van der Waals surface area contributed by atoms with Crippen LogP contribution in [0.25, 0.3) is 0 Å². The fourth-order valence-electron chi connectivity index (χ4n) is 1.03. The molecule has 0 rings (SSSR count). The number of hydrogen-bond donors (Lipinski definition) is 0.